The van der Waals surface area contributed by atoms with Crippen molar-refractivity contribution in [3.63, 3.8) is 0 Å². The lowest BCUT2D eigenvalue weighted by molar-refractivity contribution is 0.567. The van der Waals surface area contributed by atoms with Crippen LogP contribution >= 0.6 is 11.3 Å². The fourth-order valence-electron chi connectivity index (χ4n) is 1.83. The second-order valence-corrected chi connectivity index (χ2v) is 5.48. The molecule has 2 nitrogen and oxygen atoms in total. The molecule has 0 saturated heterocycles. The smallest absolute Gasteiger partial charge is 0.126 e. The minimum Gasteiger partial charge on any atom is -0.271 e. The van der Waals surface area contributed by atoms with Crippen LogP contribution in [0.3, 0.4) is 0 Å². The van der Waals surface area contributed by atoms with Crippen molar-refractivity contribution in [1.29, 1.82) is 0 Å². The molecule has 2 aromatic rings. The largest absolute Gasteiger partial charge is 0.271 e. The summed E-state index contributed by atoms with van der Waals surface area (Å²) in [4.78, 5) is 2.11. The Hall–Kier alpha value is -1.30. The summed E-state index contributed by atoms with van der Waals surface area (Å²) in [5.74, 6) is 4.30. The Labute approximate surface area is 108 Å². The monoisotopic (exact) mass is 268 g/mol. The predicted molar refractivity (Wildman–Crippen MR) is 69.3 cm³/mol. The minimum absolute atomic E-state index is 0.396. The first-order chi connectivity index (χ1) is 8.51. The Morgan fingerprint density at radius 1 is 1.11 bits per heavy atom. The maximum atomic E-state index is 13.2. The van der Waals surface area contributed by atoms with Crippen molar-refractivity contribution in [1.82, 2.24) is 5.43 Å². The third-order valence-corrected chi connectivity index (χ3v) is 4.07. The van der Waals surface area contributed by atoms with Crippen LogP contribution in [0.25, 0.3) is 0 Å². The second-order valence-electron chi connectivity index (χ2n) is 4.19. The number of nitrogens with one attached hydrogen (secondary N) is 1. The van der Waals surface area contributed by atoms with Gasteiger partial charge in [-0.3, -0.25) is 5.84 Å². The van der Waals surface area contributed by atoms with E-state index in [1.54, 1.807) is 11.3 Å². The number of nitrogens with two attached hydrogens (primary N) is 1. The molecule has 1 atom stereocenters. The topological polar surface area (TPSA) is 38.0 Å². The highest BCUT2D eigenvalue weighted by atomic mass is 32.1. The van der Waals surface area contributed by atoms with Crippen molar-refractivity contribution < 1.29 is 8.78 Å². The van der Waals surface area contributed by atoms with Gasteiger partial charge in [0.15, 0.2) is 0 Å². The summed E-state index contributed by atoms with van der Waals surface area (Å²) >= 11 is 1.57. The Morgan fingerprint density at radius 2 is 1.72 bits per heavy atom. The fraction of sp³-hybridized carbons (Fsp3) is 0.231. The van der Waals surface area contributed by atoms with E-state index in [1.165, 1.54) is 17.0 Å². The van der Waals surface area contributed by atoms with Gasteiger partial charge < -0.3 is 0 Å². The van der Waals surface area contributed by atoms with Crippen molar-refractivity contribution in [3.8, 4) is 0 Å². The third kappa shape index (κ3) is 2.58. The molecule has 0 bridgehead atoms. The van der Waals surface area contributed by atoms with Crippen LogP contribution in [-0.4, -0.2) is 0 Å². The van der Waals surface area contributed by atoms with Gasteiger partial charge in [-0.15, -0.1) is 11.3 Å². The molecule has 1 unspecified atom stereocenters. The van der Waals surface area contributed by atoms with Gasteiger partial charge in [0.05, 0.1) is 6.04 Å². The molecule has 0 fully saturated rings. The molecule has 1 aromatic heterocycles. The summed E-state index contributed by atoms with van der Waals surface area (Å²) in [6.07, 6.45) is 0. The number of hydrogen-bond acceptors (Lipinski definition) is 3. The number of thiophene rings is 1. The average Bonchev–Trinajstić information content (AvgIpc) is 2.58. The van der Waals surface area contributed by atoms with Crippen molar-refractivity contribution in [3.05, 3.63) is 56.8 Å². The highest BCUT2D eigenvalue weighted by molar-refractivity contribution is 7.12. The molecule has 96 valence electrons. The summed E-state index contributed by atoms with van der Waals surface area (Å²) in [5, 5.41) is 0. The number of hydrogen-bond donors (Lipinski definition) is 2. The summed E-state index contributed by atoms with van der Waals surface area (Å²) in [6, 6.07) is 5.01. The lowest BCUT2D eigenvalue weighted by Gasteiger charge is -2.14. The van der Waals surface area contributed by atoms with E-state index in [0.29, 0.717) is 5.56 Å². The van der Waals surface area contributed by atoms with Crippen LogP contribution in [0, 0.1) is 25.5 Å². The molecule has 0 amide bonds. The predicted octanol–water partition coefficient (Wildman–Crippen LogP) is 3.20. The van der Waals surface area contributed by atoms with E-state index in [2.05, 4.69) is 5.43 Å². The van der Waals surface area contributed by atoms with Gasteiger partial charge in [0.2, 0.25) is 0 Å². The number of halogens is 2. The highest BCUT2D eigenvalue weighted by Crippen LogP contribution is 2.30. The van der Waals surface area contributed by atoms with Crippen LogP contribution < -0.4 is 11.3 Å². The number of benzene rings is 1. The van der Waals surface area contributed by atoms with Gasteiger partial charge in [-0.1, -0.05) is 0 Å². The van der Waals surface area contributed by atoms with Crippen LogP contribution in [0.15, 0.2) is 24.3 Å². The van der Waals surface area contributed by atoms with Gasteiger partial charge in [-0.05, 0) is 43.2 Å². The standard InChI is InChI=1S/C13H14F2N2S/c1-7-3-12(18-8(7)2)13(17-16)9-4-10(14)6-11(15)5-9/h3-6,13,17H,16H2,1-2H3. The van der Waals surface area contributed by atoms with Crippen LogP contribution in [-0.2, 0) is 0 Å². The van der Waals surface area contributed by atoms with E-state index < -0.39 is 17.7 Å². The summed E-state index contributed by atoms with van der Waals surface area (Å²) in [7, 11) is 0. The molecular formula is C13H14F2N2S. The zero-order valence-corrected chi connectivity index (χ0v) is 10.9. The normalized spacial score (nSPS) is 12.7. The van der Waals surface area contributed by atoms with Gasteiger partial charge in [0.1, 0.15) is 11.6 Å². The molecule has 0 aliphatic carbocycles. The molecule has 5 heteroatoms. The summed E-state index contributed by atoms with van der Waals surface area (Å²) < 4.78 is 26.4. The molecule has 0 aliphatic heterocycles. The number of aryl methyl sites for hydroxylation is 2. The fourth-order valence-corrected chi connectivity index (χ4v) is 2.96. The van der Waals surface area contributed by atoms with Crippen LogP contribution in [0.4, 0.5) is 8.78 Å². The highest BCUT2D eigenvalue weighted by Gasteiger charge is 2.17. The second kappa shape index (κ2) is 5.14. The molecule has 1 aromatic carbocycles. The van der Waals surface area contributed by atoms with Crippen LogP contribution in [0.1, 0.15) is 26.9 Å². The quantitative estimate of drug-likeness (QED) is 0.662. The minimum atomic E-state index is -0.602. The zero-order valence-electron chi connectivity index (χ0n) is 10.1. The number of hydrazine groups is 1. The molecular weight excluding hydrogens is 254 g/mol. The lowest BCUT2D eigenvalue weighted by Crippen LogP contribution is -2.28. The third-order valence-electron chi connectivity index (χ3n) is 2.85. The van der Waals surface area contributed by atoms with Gasteiger partial charge in [-0.2, -0.15) is 0 Å². The Kier molecular flexibility index (Phi) is 3.75. The molecule has 0 radical (unpaired) electrons. The van der Waals surface area contributed by atoms with Crippen LogP contribution in [0.5, 0.6) is 0 Å². The molecule has 1 heterocycles. The maximum absolute atomic E-state index is 13.2. The number of rotatable bonds is 3. The molecule has 18 heavy (non-hydrogen) atoms. The maximum Gasteiger partial charge on any atom is 0.126 e. The molecule has 0 aliphatic rings. The van der Waals surface area contributed by atoms with Gasteiger partial charge in [0.25, 0.3) is 0 Å². The Morgan fingerprint density at radius 3 is 2.17 bits per heavy atom. The first kappa shape index (κ1) is 13.1. The Bertz CT molecular complexity index is 526. The zero-order chi connectivity index (χ0) is 13.3. The lowest BCUT2D eigenvalue weighted by atomic mass is 10.0. The SMILES string of the molecule is Cc1cc(C(NN)c2cc(F)cc(F)c2)sc1C. The van der Waals surface area contributed by atoms with Crippen molar-refractivity contribution in [2.75, 3.05) is 0 Å². The van der Waals surface area contributed by atoms with E-state index in [0.717, 1.165) is 16.5 Å². The van der Waals surface area contributed by atoms with Crippen LogP contribution in [0.2, 0.25) is 0 Å². The summed E-state index contributed by atoms with van der Waals surface area (Å²) in [6.45, 7) is 4.00. The first-order valence-electron chi connectivity index (χ1n) is 5.50. The van der Waals surface area contributed by atoms with E-state index >= 15 is 0 Å². The van der Waals surface area contributed by atoms with E-state index in [9.17, 15) is 8.78 Å². The van der Waals surface area contributed by atoms with Crippen molar-refractivity contribution in [2.45, 2.75) is 19.9 Å². The molecule has 0 saturated carbocycles. The van der Waals surface area contributed by atoms with E-state index in [1.807, 2.05) is 19.9 Å². The molecule has 3 N–H and O–H groups in total. The van der Waals surface area contributed by atoms with Gasteiger partial charge >= 0.3 is 0 Å². The molecule has 2 rings (SSSR count). The van der Waals surface area contributed by atoms with Crippen molar-refractivity contribution in [2.24, 2.45) is 5.84 Å². The summed E-state index contributed by atoms with van der Waals surface area (Å²) in [5.41, 5.74) is 4.23. The van der Waals surface area contributed by atoms with Gasteiger partial charge in [0, 0.05) is 15.8 Å². The average molecular weight is 268 g/mol. The van der Waals surface area contributed by atoms with E-state index in [4.69, 9.17) is 5.84 Å². The first-order valence-corrected chi connectivity index (χ1v) is 6.32. The van der Waals surface area contributed by atoms with E-state index in [-0.39, 0.29) is 0 Å². The molecule has 0 spiro atoms. The van der Waals surface area contributed by atoms with Crippen molar-refractivity contribution >= 4 is 11.3 Å². The Balaban J connectivity index is 2.44. The van der Waals surface area contributed by atoms with Gasteiger partial charge in [-0.25, -0.2) is 14.2 Å².